The third-order valence-corrected chi connectivity index (χ3v) is 5.52. The minimum absolute atomic E-state index is 0.0337. The molecule has 7 nitrogen and oxygen atoms in total. The molecule has 2 atom stereocenters. The number of alkyl carbamates (subject to hydrolysis) is 1. The van der Waals surface area contributed by atoms with Crippen LogP contribution in [-0.4, -0.2) is 38.5 Å². The van der Waals surface area contributed by atoms with E-state index in [2.05, 4.69) is 10.6 Å². The van der Waals surface area contributed by atoms with Gasteiger partial charge in [-0.05, 0) is 36.6 Å². The molecular formula is C21H25ClN2O5S. The minimum Gasteiger partial charge on any atom is -0.445 e. The number of sulfone groups is 1. The number of ether oxygens (including phenoxy) is 1. The summed E-state index contributed by atoms with van der Waals surface area (Å²) in [6, 6.07) is 14.6. The predicted molar refractivity (Wildman–Crippen MR) is 116 cm³/mol. The number of carbonyl (C=O) groups is 2. The fourth-order valence-electron chi connectivity index (χ4n) is 2.68. The van der Waals surface area contributed by atoms with Crippen LogP contribution in [0.5, 0.6) is 0 Å². The van der Waals surface area contributed by atoms with E-state index >= 15 is 0 Å². The Bertz CT molecular complexity index is 966. The molecule has 2 N–H and O–H groups in total. The van der Waals surface area contributed by atoms with Gasteiger partial charge in [0.25, 0.3) is 0 Å². The summed E-state index contributed by atoms with van der Waals surface area (Å²) < 4.78 is 28.2. The number of nitrogens with one attached hydrogen (secondary N) is 2. The first-order valence-electron chi connectivity index (χ1n) is 9.35. The maximum absolute atomic E-state index is 12.7. The van der Waals surface area contributed by atoms with Crippen LogP contribution < -0.4 is 10.6 Å². The number of hydrogen-bond acceptors (Lipinski definition) is 5. The molecular weight excluding hydrogens is 428 g/mol. The number of carbonyl (C=O) groups excluding carboxylic acids is 2. The Kier molecular flexibility index (Phi) is 8.68. The third kappa shape index (κ3) is 8.42. The molecule has 0 aromatic heterocycles. The van der Waals surface area contributed by atoms with Gasteiger partial charge in [0.1, 0.15) is 22.5 Å². The molecule has 2 aromatic carbocycles. The lowest BCUT2D eigenvalue weighted by Crippen LogP contribution is -2.48. The zero-order valence-electron chi connectivity index (χ0n) is 16.8. The van der Waals surface area contributed by atoms with Crippen molar-refractivity contribution in [2.75, 3.05) is 12.0 Å². The molecule has 162 valence electrons. The molecule has 0 aliphatic rings. The van der Waals surface area contributed by atoms with Gasteiger partial charge in [0.05, 0.1) is 11.8 Å². The van der Waals surface area contributed by atoms with E-state index < -0.39 is 27.9 Å². The van der Waals surface area contributed by atoms with Crippen LogP contribution in [0.3, 0.4) is 0 Å². The van der Waals surface area contributed by atoms with Crippen LogP contribution in [-0.2, 0) is 26.0 Å². The molecule has 2 rings (SSSR count). The Hall–Kier alpha value is -2.58. The molecule has 0 saturated carbocycles. The lowest BCUT2D eigenvalue weighted by molar-refractivity contribution is -0.123. The second-order valence-corrected chi connectivity index (χ2v) is 9.66. The van der Waals surface area contributed by atoms with E-state index in [1.807, 2.05) is 24.3 Å². The van der Waals surface area contributed by atoms with E-state index in [-0.39, 0.29) is 24.8 Å². The summed E-state index contributed by atoms with van der Waals surface area (Å²) in [5.74, 6) is -0.766. The van der Waals surface area contributed by atoms with Crippen molar-refractivity contribution < 1.29 is 22.7 Å². The molecule has 0 saturated heterocycles. The molecule has 30 heavy (non-hydrogen) atoms. The van der Waals surface area contributed by atoms with Crippen molar-refractivity contribution in [1.29, 1.82) is 0 Å². The fourth-order valence-corrected chi connectivity index (χ4v) is 3.54. The van der Waals surface area contributed by atoms with Gasteiger partial charge in [0.2, 0.25) is 5.91 Å². The second kappa shape index (κ2) is 11.0. The van der Waals surface area contributed by atoms with Gasteiger partial charge in [-0.25, -0.2) is 13.2 Å². The Morgan fingerprint density at radius 3 is 2.40 bits per heavy atom. The Morgan fingerprint density at radius 2 is 1.77 bits per heavy atom. The largest absolute Gasteiger partial charge is 0.445 e. The number of rotatable bonds is 9. The van der Waals surface area contributed by atoms with Crippen molar-refractivity contribution in [3.63, 3.8) is 0 Å². The number of halogens is 1. The first-order valence-corrected chi connectivity index (χ1v) is 11.8. The SMILES string of the molecule is CC(NC(=O)C(CCS(C)(=O)=O)NC(=O)OCc1ccccc1)c1cccc(Cl)c1. The quantitative estimate of drug-likeness (QED) is 0.608. The van der Waals surface area contributed by atoms with Crippen LogP contribution in [0.25, 0.3) is 0 Å². The molecule has 0 bridgehead atoms. The van der Waals surface area contributed by atoms with Crippen molar-refractivity contribution >= 4 is 33.4 Å². The molecule has 0 heterocycles. The number of benzene rings is 2. The van der Waals surface area contributed by atoms with Gasteiger partial charge in [-0.2, -0.15) is 0 Å². The molecule has 2 unspecified atom stereocenters. The second-order valence-electron chi connectivity index (χ2n) is 6.96. The van der Waals surface area contributed by atoms with Crippen molar-refractivity contribution in [3.05, 3.63) is 70.7 Å². The molecule has 0 radical (unpaired) electrons. The van der Waals surface area contributed by atoms with Crippen LogP contribution in [0.15, 0.2) is 54.6 Å². The highest BCUT2D eigenvalue weighted by molar-refractivity contribution is 7.90. The van der Waals surface area contributed by atoms with E-state index in [0.717, 1.165) is 17.4 Å². The molecule has 0 fully saturated rings. The van der Waals surface area contributed by atoms with Crippen molar-refractivity contribution in [1.82, 2.24) is 10.6 Å². The first kappa shape index (κ1) is 23.7. The van der Waals surface area contributed by atoms with E-state index in [1.165, 1.54) is 0 Å². The van der Waals surface area contributed by atoms with Gasteiger partial charge in [0, 0.05) is 11.3 Å². The summed E-state index contributed by atoms with van der Waals surface area (Å²) in [5.41, 5.74) is 1.57. The van der Waals surface area contributed by atoms with Crippen LogP contribution >= 0.6 is 11.6 Å². The monoisotopic (exact) mass is 452 g/mol. The summed E-state index contributed by atoms with van der Waals surface area (Å²) in [6.07, 6.45) is 0.195. The predicted octanol–water partition coefficient (Wildman–Crippen LogP) is 3.25. The van der Waals surface area contributed by atoms with Gasteiger partial charge in [-0.3, -0.25) is 4.79 Å². The van der Waals surface area contributed by atoms with Gasteiger partial charge in [-0.1, -0.05) is 54.1 Å². The molecule has 9 heteroatoms. The highest BCUT2D eigenvalue weighted by Crippen LogP contribution is 2.17. The maximum Gasteiger partial charge on any atom is 0.408 e. The van der Waals surface area contributed by atoms with Crippen molar-refractivity contribution in [2.24, 2.45) is 0 Å². The molecule has 2 aromatic rings. The summed E-state index contributed by atoms with van der Waals surface area (Å²) in [6.45, 7) is 1.80. The average Bonchev–Trinajstić information content (AvgIpc) is 2.69. The Balaban J connectivity index is 2.01. The summed E-state index contributed by atoms with van der Waals surface area (Å²) in [5, 5.41) is 5.77. The highest BCUT2D eigenvalue weighted by Gasteiger charge is 2.24. The standard InChI is InChI=1S/C21H25ClN2O5S/c1-15(17-9-6-10-18(22)13-17)23-20(25)19(11-12-30(2,27)28)24-21(26)29-14-16-7-4-3-5-8-16/h3-10,13,15,19H,11-12,14H2,1-2H3,(H,23,25)(H,24,26). The van der Waals surface area contributed by atoms with Crippen molar-refractivity contribution in [2.45, 2.75) is 32.0 Å². The zero-order chi connectivity index (χ0) is 22.1. The van der Waals surface area contributed by atoms with Crippen LogP contribution in [0.4, 0.5) is 4.79 Å². The van der Waals surface area contributed by atoms with Gasteiger partial charge in [0.15, 0.2) is 0 Å². The van der Waals surface area contributed by atoms with E-state index in [1.54, 1.807) is 37.3 Å². The van der Waals surface area contributed by atoms with Gasteiger partial charge >= 0.3 is 6.09 Å². The van der Waals surface area contributed by atoms with E-state index in [0.29, 0.717) is 5.02 Å². The molecule has 0 aliphatic carbocycles. The summed E-state index contributed by atoms with van der Waals surface area (Å²) >= 11 is 5.99. The topological polar surface area (TPSA) is 102 Å². The number of hydrogen-bond donors (Lipinski definition) is 2. The van der Waals surface area contributed by atoms with Gasteiger partial charge in [-0.15, -0.1) is 0 Å². The smallest absolute Gasteiger partial charge is 0.408 e. The van der Waals surface area contributed by atoms with Crippen LogP contribution in [0.1, 0.15) is 30.5 Å². The molecule has 2 amide bonds. The minimum atomic E-state index is -3.32. The zero-order valence-corrected chi connectivity index (χ0v) is 18.4. The average molecular weight is 453 g/mol. The first-order chi connectivity index (χ1) is 14.1. The normalized spacial score (nSPS) is 13.2. The Morgan fingerprint density at radius 1 is 1.07 bits per heavy atom. The summed E-state index contributed by atoms with van der Waals surface area (Å²) in [4.78, 5) is 24.9. The lowest BCUT2D eigenvalue weighted by Gasteiger charge is -2.21. The number of amides is 2. The van der Waals surface area contributed by atoms with Crippen LogP contribution in [0, 0.1) is 0 Å². The van der Waals surface area contributed by atoms with Crippen molar-refractivity contribution in [3.8, 4) is 0 Å². The molecule has 0 spiro atoms. The Labute approximate surface area is 181 Å². The van der Waals surface area contributed by atoms with E-state index in [9.17, 15) is 18.0 Å². The lowest BCUT2D eigenvalue weighted by atomic mass is 10.1. The highest BCUT2D eigenvalue weighted by atomic mass is 35.5. The molecule has 0 aliphatic heterocycles. The maximum atomic E-state index is 12.7. The van der Waals surface area contributed by atoms with E-state index in [4.69, 9.17) is 16.3 Å². The fraction of sp³-hybridized carbons (Fsp3) is 0.333. The van der Waals surface area contributed by atoms with Crippen LogP contribution in [0.2, 0.25) is 5.02 Å². The third-order valence-electron chi connectivity index (χ3n) is 4.31. The van der Waals surface area contributed by atoms with Gasteiger partial charge < -0.3 is 15.4 Å². The summed E-state index contributed by atoms with van der Waals surface area (Å²) in [7, 11) is -3.32.